The summed E-state index contributed by atoms with van der Waals surface area (Å²) < 4.78 is 9.53. The number of aromatic nitrogens is 2. The smallest absolute Gasteiger partial charge is 0.346 e. The van der Waals surface area contributed by atoms with Gasteiger partial charge in [0.05, 0.1) is 11.7 Å². The standard InChI is InChI=1S/C39H26N4O2S3/c1-39(2)31-20-28(19-24(22-40)38(44)45)46-36(31)37-32(39)21-33(47-37)30-18-17-29(34-35(30)42-48-41-34)23-13-15-27(16-14-23)43(25-9-5-3-6-10-25)26-11-7-4-8-12-26/h3-21H,1-2H3,(H,44,45)/b24-19-. The molecule has 0 radical (unpaired) electrons. The molecule has 48 heavy (non-hydrogen) atoms. The highest BCUT2D eigenvalue weighted by molar-refractivity contribution is 7.24. The van der Waals surface area contributed by atoms with Crippen LogP contribution in [0.3, 0.4) is 0 Å². The lowest BCUT2D eigenvalue weighted by Gasteiger charge is -2.25. The van der Waals surface area contributed by atoms with Crippen molar-refractivity contribution in [2.75, 3.05) is 4.90 Å². The Labute approximate surface area is 289 Å². The summed E-state index contributed by atoms with van der Waals surface area (Å²) in [5.74, 6) is -1.22. The van der Waals surface area contributed by atoms with Crippen LogP contribution >= 0.6 is 34.4 Å². The van der Waals surface area contributed by atoms with Gasteiger partial charge < -0.3 is 10.0 Å². The molecule has 0 fully saturated rings. The van der Waals surface area contributed by atoms with E-state index >= 15 is 0 Å². The molecule has 9 heteroatoms. The van der Waals surface area contributed by atoms with E-state index in [1.807, 2.05) is 18.2 Å². The van der Waals surface area contributed by atoms with Crippen LogP contribution in [0.15, 0.2) is 115 Å². The molecule has 0 atom stereocenters. The van der Waals surface area contributed by atoms with E-state index in [4.69, 9.17) is 8.75 Å². The van der Waals surface area contributed by atoms with E-state index in [0.717, 1.165) is 65.0 Å². The molecule has 3 heterocycles. The first-order valence-corrected chi connectivity index (χ1v) is 17.6. The van der Waals surface area contributed by atoms with Crippen LogP contribution in [-0.4, -0.2) is 19.8 Å². The van der Waals surface area contributed by atoms with Crippen molar-refractivity contribution >= 4 is 74.5 Å². The molecule has 0 saturated carbocycles. The van der Waals surface area contributed by atoms with Gasteiger partial charge in [-0.15, -0.1) is 22.7 Å². The van der Waals surface area contributed by atoms with Gasteiger partial charge in [0.2, 0.25) is 0 Å². The Morgan fingerprint density at radius 3 is 1.96 bits per heavy atom. The van der Waals surface area contributed by atoms with Crippen LogP contribution in [0.4, 0.5) is 17.1 Å². The Morgan fingerprint density at radius 1 is 0.771 bits per heavy atom. The summed E-state index contributed by atoms with van der Waals surface area (Å²) in [4.78, 5) is 17.9. The maximum Gasteiger partial charge on any atom is 0.346 e. The highest BCUT2D eigenvalue weighted by atomic mass is 32.1. The number of anilines is 3. The third-order valence-corrected chi connectivity index (χ3v) is 11.8. The molecule has 0 spiro atoms. The lowest BCUT2D eigenvalue weighted by atomic mass is 9.83. The van der Waals surface area contributed by atoms with E-state index in [2.05, 4.69) is 110 Å². The molecule has 1 aliphatic carbocycles. The monoisotopic (exact) mass is 678 g/mol. The van der Waals surface area contributed by atoms with Gasteiger partial charge in [-0.3, -0.25) is 0 Å². The van der Waals surface area contributed by atoms with Gasteiger partial charge in [0.1, 0.15) is 22.7 Å². The van der Waals surface area contributed by atoms with Crippen LogP contribution in [0.25, 0.3) is 48.4 Å². The summed E-state index contributed by atoms with van der Waals surface area (Å²) in [5.41, 5.74) is 10.0. The summed E-state index contributed by atoms with van der Waals surface area (Å²) in [5, 5.41) is 18.6. The van der Waals surface area contributed by atoms with Gasteiger partial charge in [0.15, 0.2) is 0 Å². The average Bonchev–Trinajstić information content (AvgIpc) is 3.89. The fourth-order valence-corrected chi connectivity index (χ4v) is 9.73. The average molecular weight is 679 g/mol. The normalized spacial score (nSPS) is 13.2. The van der Waals surface area contributed by atoms with Crippen LogP contribution in [0, 0.1) is 11.3 Å². The predicted octanol–water partition coefficient (Wildman–Crippen LogP) is 10.9. The molecule has 6 nitrogen and oxygen atoms in total. The molecule has 232 valence electrons. The zero-order valence-electron chi connectivity index (χ0n) is 25.8. The van der Waals surface area contributed by atoms with Crippen molar-refractivity contribution in [1.82, 2.24) is 8.75 Å². The van der Waals surface area contributed by atoms with Crippen LogP contribution in [0.2, 0.25) is 0 Å². The predicted molar refractivity (Wildman–Crippen MR) is 198 cm³/mol. The molecule has 0 aliphatic heterocycles. The number of fused-ring (bicyclic) bond motifs is 4. The Hall–Kier alpha value is -5.40. The highest BCUT2D eigenvalue weighted by Gasteiger charge is 2.39. The van der Waals surface area contributed by atoms with Gasteiger partial charge in [-0.2, -0.15) is 14.0 Å². The second kappa shape index (κ2) is 11.7. The van der Waals surface area contributed by atoms with Gasteiger partial charge in [0, 0.05) is 53.1 Å². The minimum Gasteiger partial charge on any atom is -0.477 e. The number of nitrogens with zero attached hydrogens (tertiary/aromatic N) is 4. The molecule has 0 unspecified atom stereocenters. The number of rotatable bonds is 7. The van der Waals surface area contributed by atoms with E-state index < -0.39 is 5.97 Å². The van der Waals surface area contributed by atoms with Gasteiger partial charge in [-0.05, 0) is 71.3 Å². The molecule has 3 aromatic heterocycles. The molecule has 0 bridgehead atoms. The number of hydrogen-bond acceptors (Lipinski definition) is 8. The maximum atomic E-state index is 11.4. The van der Waals surface area contributed by atoms with Crippen molar-refractivity contribution < 1.29 is 9.90 Å². The fraction of sp³-hybridized carbons (Fsp3) is 0.0769. The molecule has 1 aliphatic rings. The quantitative estimate of drug-likeness (QED) is 0.133. The number of nitriles is 1. The third-order valence-electron chi connectivity index (χ3n) is 8.82. The Balaban J connectivity index is 1.15. The number of carboxylic acid groups (broad SMARTS) is 1. The van der Waals surface area contributed by atoms with E-state index in [-0.39, 0.29) is 11.0 Å². The first-order valence-electron chi connectivity index (χ1n) is 15.2. The lowest BCUT2D eigenvalue weighted by molar-refractivity contribution is -0.132. The number of para-hydroxylation sites is 2. The molecule has 0 amide bonds. The van der Waals surface area contributed by atoms with Crippen LogP contribution in [-0.2, 0) is 10.2 Å². The van der Waals surface area contributed by atoms with Crippen molar-refractivity contribution in [2.45, 2.75) is 19.3 Å². The Bertz CT molecular complexity index is 2380. The van der Waals surface area contributed by atoms with Crippen LogP contribution < -0.4 is 4.90 Å². The first kappa shape index (κ1) is 30.0. The summed E-state index contributed by atoms with van der Waals surface area (Å²) >= 11 is 4.48. The topological polar surface area (TPSA) is 90.1 Å². The van der Waals surface area contributed by atoms with E-state index in [9.17, 15) is 15.2 Å². The molecular formula is C39H26N4O2S3. The van der Waals surface area contributed by atoms with Gasteiger partial charge in [-0.25, -0.2) is 4.79 Å². The number of aliphatic carboxylic acids is 1. The van der Waals surface area contributed by atoms with Crippen molar-refractivity contribution in [1.29, 1.82) is 5.26 Å². The molecule has 1 N–H and O–H groups in total. The second-order valence-corrected chi connectivity index (χ2v) is 14.7. The number of benzene rings is 4. The number of hydrogen-bond donors (Lipinski definition) is 1. The number of carboxylic acids is 1. The van der Waals surface area contributed by atoms with Crippen molar-refractivity contribution in [3.8, 4) is 37.4 Å². The first-order chi connectivity index (χ1) is 23.3. The van der Waals surface area contributed by atoms with Crippen molar-refractivity contribution in [2.24, 2.45) is 0 Å². The largest absolute Gasteiger partial charge is 0.477 e. The van der Waals surface area contributed by atoms with Crippen molar-refractivity contribution in [3.05, 3.63) is 131 Å². The zero-order chi connectivity index (χ0) is 33.0. The summed E-state index contributed by atoms with van der Waals surface area (Å²) in [6.45, 7) is 4.39. The third kappa shape index (κ3) is 4.93. The van der Waals surface area contributed by atoms with Crippen LogP contribution in [0.5, 0.6) is 0 Å². The minimum atomic E-state index is -1.22. The fourth-order valence-electron chi connectivity index (χ4n) is 6.39. The summed E-state index contributed by atoms with van der Waals surface area (Å²) in [6.07, 6.45) is 1.46. The summed E-state index contributed by atoms with van der Waals surface area (Å²) in [7, 11) is 0. The highest BCUT2D eigenvalue weighted by Crippen LogP contribution is 2.57. The van der Waals surface area contributed by atoms with Gasteiger partial charge in [0.25, 0.3) is 0 Å². The maximum absolute atomic E-state index is 11.4. The molecule has 8 rings (SSSR count). The lowest BCUT2D eigenvalue weighted by Crippen LogP contribution is -2.13. The van der Waals surface area contributed by atoms with E-state index in [1.54, 1.807) is 17.4 Å². The summed E-state index contributed by atoms with van der Waals surface area (Å²) in [6, 6.07) is 39.7. The van der Waals surface area contributed by atoms with E-state index in [1.165, 1.54) is 39.6 Å². The van der Waals surface area contributed by atoms with Crippen molar-refractivity contribution in [3.63, 3.8) is 0 Å². The molecule has 0 saturated heterocycles. The molecule has 7 aromatic rings. The Kier molecular flexibility index (Phi) is 7.30. The molecular weight excluding hydrogens is 653 g/mol. The SMILES string of the molecule is CC1(C)c2cc(/C=C(/C#N)C(=O)O)sc2-c2sc(-c3ccc(-c4ccc(N(c5ccccc5)c5ccccc5)cc4)c4nsnc34)cc21. The van der Waals surface area contributed by atoms with Gasteiger partial charge in [-0.1, -0.05) is 74.5 Å². The van der Waals surface area contributed by atoms with Gasteiger partial charge >= 0.3 is 5.97 Å². The number of thiophene rings is 2. The number of carbonyl (C=O) groups is 1. The molecule has 4 aromatic carbocycles. The second-order valence-electron chi connectivity index (χ2n) is 12.0. The zero-order valence-corrected chi connectivity index (χ0v) is 28.3. The van der Waals surface area contributed by atoms with Crippen LogP contribution in [0.1, 0.15) is 29.9 Å². The van der Waals surface area contributed by atoms with E-state index in [0.29, 0.717) is 0 Å². The minimum absolute atomic E-state index is 0.257. The Morgan fingerprint density at radius 2 is 1.33 bits per heavy atom.